The molecule has 0 aromatic heterocycles. The molecular formula is C36H58N4S. The van der Waals surface area contributed by atoms with Gasteiger partial charge < -0.3 is 5.73 Å². The number of nitrogens with two attached hydrogens (primary N) is 1. The third kappa shape index (κ3) is 4.35. The van der Waals surface area contributed by atoms with Crippen LogP contribution in [-0.2, 0) is 0 Å². The third-order valence-electron chi connectivity index (χ3n) is 14.8. The average Bonchev–Trinajstić information content (AvgIpc) is 3.30. The maximum atomic E-state index is 7.34. The van der Waals surface area contributed by atoms with E-state index >= 15 is 0 Å². The molecule has 4 aliphatic heterocycles. The molecule has 12 unspecified atom stereocenters. The topological polar surface area (TPSA) is 54.4 Å². The summed E-state index contributed by atoms with van der Waals surface area (Å²) in [7, 11) is 0. The van der Waals surface area contributed by atoms with Gasteiger partial charge in [-0.3, -0.25) is 15.1 Å². The highest BCUT2D eigenvalue weighted by Crippen LogP contribution is 2.61. The predicted octanol–water partition coefficient (Wildman–Crippen LogP) is 7.24. The second kappa shape index (κ2) is 10.8. The van der Waals surface area contributed by atoms with Crippen molar-refractivity contribution in [3.05, 3.63) is 11.5 Å². The quantitative estimate of drug-likeness (QED) is 0.345. The summed E-state index contributed by atoms with van der Waals surface area (Å²) in [6.45, 7) is 0. The Morgan fingerprint density at radius 1 is 0.659 bits per heavy atom. The summed E-state index contributed by atoms with van der Waals surface area (Å²) < 4.78 is 0. The summed E-state index contributed by atoms with van der Waals surface area (Å²) in [5.74, 6) is 5.19. The number of rotatable bonds is 4. The van der Waals surface area contributed by atoms with Crippen LogP contribution in [0.2, 0.25) is 0 Å². The Morgan fingerprint density at radius 2 is 1.37 bits per heavy atom. The van der Waals surface area contributed by atoms with Gasteiger partial charge in [-0.25, -0.2) is 0 Å². The zero-order chi connectivity index (χ0) is 27.1. The molecule has 0 aromatic rings. The van der Waals surface area contributed by atoms with Crippen LogP contribution < -0.4 is 11.1 Å². The lowest BCUT2D eigenvalue weighted by Crippen LogP contribution is -2.61. The maximum Gasteiger partial charge on any atom is 0.0855 e. The summed E-state index contributed by atoms with van der Waals surface area (Å²) >= 11 is 2.20. The number of likely N-dealkylation sites (tertiary alicyclic amines) is 2. The van der Waals surface area contributed by atoms with Gasteiger partial charge in [0.05, 0.1) is 11.0 Å². The van der Waals surface area contributed by atoms with E-state index in [1.165, 1.54) is 128 Å². The van der Waals surface area contributed by atoms with Crippen molar-refractivity contribution < 1.29 is 0 Å². The number of fused-ring (bicyclic) bond motifs is 7. The van der Waals surface area contributed by atoms with Gasteiger partial charge in [0.25, 0.3) is 0 Å². The maximum absolute atomic E-state index is 7.34. The number of nitrogens with zero attached hydrogens (tertiary/aromatic N) is 2. The van der Waals surface area contributed by atoms with E-state index in [1.54, 1.807) is 0 Å². The predicted molar refractivity (Wildman–Crippen MR) is 170 cm³/mol. The Morgan fingerprint density at radius 3 is 2.22 bits per heavy atom. The summed E-state index contributed by atoms with van der Waals surface area (Å²) in [6.07, 6.45) is 31.7. The molecule has 12 atom stereocenters. The van der Waals surface area contributed by atoms with Gasteiger partial charge in [-0.1, -0.05) is 63.9 Å². The Bertz CT molecular complexity index is 990. The van der Waals surface area contributed by atoms with Crippen molar-refractivity contribution >= 4 is 11.8 Å². The van der Waals surface area contributed by atoms with Crippen molar-refractivity contribution in [1.29, 1.82) is 0 Å². The first kappa shape index (κ1) is 27.3. The second-order valence-corrected chi connectivity index (χ2v) is 17.5. The SMILES string of the molecule is NC1(C2CCCC(N3C4CCCCC4C4CCC5C6C=CSC6N(C6CCCCC6)C5C43)C2)NC1C1CCCCC1. The summed E-state index contributed by atoms with van der Waals surface area (Å²) in [5, 5.41) is 7.21. The van der Waals surface area contributed by atoms with Crippen LogP contribution >= 0.6 is 11.8 Å². The highest BCUT2D eigenvalue weighted by Gasteiger charge is 2.65. The molecule has 0 spiro atoms. The molecule has 41 heavy (non-hydrogen) atoms. The van der Waals surface area contributed by atoms with Crippen LogP contribution in [0.15, 0.2) is 11.5 Å². The minimum Gasteiger partial charge on any atom is -0.312 e. The van der Waals surface area contributed by atoms with Crippen LogP contribution in [0.5, 0.6) is 0 Å². The molecule has 4 nitrogen and oxygen atoms in total. The average molecular weight is 579 g/mol. The fraction of sp³-hybridized carbons (Fsp3) is 0.944. The second-order valence-electron chi connectivity index (χ2n) is 16.5. The minimum atomic E-state index is -0.0547. The van der Waals surface area contributed by atoms with Gasteiger partial charge in [0, 0.05) is 42.2 Å². The normalized spacial score (nSPS) is 52.7. The van der Waals surface area contributed by atoms with Crippen molar-refractivity contribution in [3.63, 3.8) is 0 Å². The van der Waals surface area contributed by atoms with Gasteiger partial charge in [0.2, 0.25) is 0 Å². The van der Waals surface area contributed by atoms with Gasteiger partial charge in [-0.15, -0.1) is 11.8 Å². The third-order valence-corrected chi connectivity index (χ3v) is 15.9. The first-order valence-electron chi connectivity index (χ1n) is 18.7. The standard InChI is InChI=1S/C36H58N4S/c37-36(34(38-36)23-10-3-1-4-11-23)24-12-9-15-26(22-24)39-31-17-8-7-16-27(31)28-18-19-29-30-20-21-41-35(30)40(33(29)32(28)39)25-13-5-2-6-14-25/h20-21,23-35,38H,1-19,22,37H2. The van der Waals surface area contributed by atoms with Crippen molar-refractivity contribution in [3.8, 4) is 0 Å². The zero-order valence-electron chi connectivity index (χ0n) is 25.7. The van der Waals surface area contributed by atoms with E-state index in [-0.39, 0.29) is 5.66 Å². The molecule has 5 saturated carbocycles. The van der Waals surface area contributed by atoms with E-state index in [0.717, 1.165) is 65.2 Å². The van der Waals surface area contributed by atoms with E-state index in [4.69, 9.17) is 5.73 Å². The van der Waals surface area contributed by atoms with E-state index in [0.29, 0.717) is 12.0 Å². The molecule has 0 aromatic carbocycles. The highest BCUT2D eigenvalue weighted by molar-refractivity contribution is 8.02. The fourth-order valence-electron chi connectivity index (χ4n) is 13.1. The van der Waals surface area contributed by atoms with Gasteiger partial charge in [-0.2, -0.15) is 0 Å². The molecule has 228 valence electrons. The van der Waals surface area contributed by atoms with E-state index in [9.17, 15) is 0 Å². The van der Waals surface area contributed by atoms with Crippen LogP contribution in [0, 0.1) is 35.5 Å². The lowest BCUT2D eigenvalue weighted by atomic mass is 9.67. The lowest BCUT2D eigenvalue weighted by molar-refractivity contribution is -0.0183. The summed E-state index contributed by atoms with van der Waals surface area (Å²) in [4.78, 5) is 6.55. The summed E-state index contributed by atoms with van der Waals surface area (Å²) in [5.41, 5.74) is 7.29. The van der Waals surface area contributed by atoms with Gasteiger partial charge in [0.1, 0.15) is 0 Å². The molecule has 9 aliphatic rings. The van der Waals surface area contributed by atoms with E-state index in [1.807, 2.05) is 0 Å². The smallest absolute Gasteiger partial charge is 0.0855 e. The monoisotopic (exact) mass is 578 g/mol. The first-order chi connectivity index (χ1) is 20.2. The van der Waals surface area contributed by atoms with Crippen LogP contribution in [0.3, 0.4) is 0 Å². The number of hydrogen-bond acceptors (Lipinski definition) is 5. The first-order valence-corrected chi connectivity index (χ1v) is 19.6. The largest absolute Gasteiger partial charge is 0.312 e. The molecule has 5 aliphatic carbocycles. The number of thioether (sulfide) groups is 1. The molecule has 8 fully saturated rings. The highest BCUT2D eigenvalue weighted by atomic mass is 32.2. The Kier molecular flexibility index (Phi) is 7.17. The molecule has 9 rings (SSSR count). The molecule has 0 amide bonds. The Hall–Kier alpha value is -0.0700. The number of hydrogen-bond donors (Lipinski definition) is 2. The molecule has 3 N–H and O–H groups in total. The fourth-order valence-corrected chi connectivity index (χ4v) is 14.5. The molecule has 0 radical (unpaired) electrons. The molecule has 3 saturated heterocycles. The van der Waals surface area contributed by atoms with Crippen molar-refractivity contribution in [2.45, 2.75) is 176 Å². The minimum absolute atomic E-state index is 0.0547. The molecular weight excluding hydrogens is 520 g/mol. The van der Waals surface area contributed by atoms with Gasteiger partial charge >= 0.3 is 0 Å². The van der Waals surface area contributed by atoms with Gasteiger partial charge in [0.15, 0.2) is 0 Å². The van der Waals surface area contributed by atoms with Crippen LogP contribution in [-0.4, -0.2) is 57.1 Å². The molecule has 5 heteroatoms. The molecule has 0 bridgehead atoms. The van der Waals surface area contributed by atoms with E-state index < -0.39 is 0 Å². The van der Waals surface area contributed by atoms with Crippen molar-refractivity contribution in [2.24, 2.45) is 41.2 Å². The Balaban J connectivity index is 1.03. The zero-order valence-corrected chi connectivity index (χ0v) is 26.5. The van der Waals surface area contributed by atoms with Crippen LogP contribution in [0.4, 0.5) is 0 Å². The van der Waals surface area contributed by atoms with Crippen LogP contribution in [0.1, 0.15) is 128 Å². The summed E-state index contributed by atoms with van der Waals surface area (Å²) in [6, 6.07) is 4.74. The number of nitrogens with one attached hydrogen (secondary N) is 1. The lowest BCUT2D eigenvalue weighted by Gasteiger charge is -2.51. The Labute approximate surface area is 254 Å². The molecule has 4 heterocycles. The van der Waals surface area contributed by atoms with E-state index in [2.05, 4.69) is 38.4 Å². The van der Waals surface area contributed by atoms with Gasteiger partial charge in [-0.05, 0) is 106 Å². The van der Waals surface area contributed by atoms with Crippen molar-refractivity contribution in [1.82, 2.24) is 15.1 Å². The van der Waals surface area contributed by atoms with Crippen LogP contribution in [0.25, 0.3) is 0 Å². The van der Waals surface area contributed by atoms with Crippen molar-refractivity contribution in [2.75, 3.05) is 0 Å².